The van der Waals surface area contributed by atoms with Gasteiger partial charge < -0.3 is 5.11 Å². The van der Waals surface area contributed by atoms with Gasteiger partial charge >= 0.3 is 5.97 Å². The van der Waals surface area contributed by atoms with Crippen LogP contribution < -0.4 is 0 Å². The minimum atomic E-state index is -4.07. The van der Waals surface area contributed by atoms with Crippen LogP contribution in [0, 0.1) is 0 Å². The molecule has 0 aliphatic carbocycles. The maximum Gasteiger partial charge on any atom is 0.336 e. The molecule has 2 aromatic carbocycles. The molecule has 0 bridgehead atoms. The van der Waals surface area contributed by atoms with Crippen molar-refractivity contribution >= 4 is 39.4 Å². The van der Waals surface area contributed by atoms with Crippen molar-refractivity contribution in [1.82, 2.24) is 0 Å². The maximum atomic E-state index is 11.8. The summed E-state index contributed by atoms with van der Waals surface area (Å²) in [6, 6.07) is 14.6. The van der Waals surface area contributed by atoms with Crippen molar-refractivity contribution in [3.63, 3.8) is 0 Å². The minimum Gasteiger partial charge on any atom is -0.478 e. The molecule has 2 aromatic rings. The fourth-order valence-corrected chi connectivity index (χ4v) is 4.50. The van der Waals surface area contributed by atoms with Gasteiger partial charge in [0.25, 0.3) is 10.1 Å². The number of fused-ring (bicyclic) bond motifs is 1. The van der Waals surface area contributed by atoms with E-state index in [0.29, 0.717) is 18.5 Å². The first-order chi connectivity index (χ1) is 14.1. The number of aromatic carboxylic acids is 1. The van der Waals surface area contributed by atoms with Crippen molar-refractivity contribution in [1.29, 1.82) is 0 Å². The van der Waals surface area contributed by atoms with E-state index in [4.69, 9.17) is 4.55 Å². The zero-order valence-electron chi connectivity index (χ0n) is 16.9. The molecule has 0 fully saturated rings. The van der Waals surface area contributed by atoms with Crippen LogP contribution in [0.15, 0.2) is 53.5 Å². The molecule has 7 nitrogen and oxygen atoms in total. The fraction of sp³-hybridized carbons (Fsp3) is 0.318. The Kier molecular flexibility index (Phi) is 6.19. The van der Waals surface area contributed by atoms with Crippen molar-refractivity contribution in [2.45, 2.75) is 32.1 Å². The molecule has 0 atom stereocenters. The largest absolute Gasteiger partial charge is 0.478 e. The third-order valence-electron chi connectivity index (χ3n) is 5.30. The molecule has 2 N–H and O–H groups in total. The Hall–Kier alpha value is -2.84. The number of nitrogens with zero attached hydrogens (tertiary/aromatic N) is 2. The number of benzene rings is 2. The second-order valence-corrected chi connectivity index (χ2v) is 9.29. The third kappa shape index (κ3) is 4.66. The van der Waals surface area contributed by atoms with E-state index >= 15 is 0 Å². The molecule has 0 spiro atoms. The van der Waals surface area contributed by atoms with E-state index < -0.39 is 21.5 Å². The number of para-hydroxylation sites is 1. The Balaban J connectivity index is 2.00. The average Bonchev–Trinajstić information content (AvgIpc) is 2.89. The molecule has 8 heteroatoms. The van der Waals surface area contributed by atoms with E-state index in [9.17, 15) is 18.3 Å². The number of aliphatic imine (C=N–C) groups is 1. The quantitative estimate of drug-likeness (QED) is 0.377. The van der Waals surface area contributed by atoms with Crippen LogP contribution in [0.1, 0.15) is 42.6 Å². The summed E-state index contributed by atoms with van der Waals surface area (Å²) in [5.41, 5.74) is 2.85. The van der Waals surface area contributed by atoms with Gasteiger partial charge in [-0.25, -0.2) is 4.79 Å². The van der Waals surface area contributed by atoms with Crippen molar-refractivity contribution in [3.8, 4) is 0 Å². The molecule has 0 radical (unpaired) electrons. The summed E-state index contributed by atoms with van der Waals surface area (Å²) in [4.78, 5) is 16.3. The summed E-state index contributed by atoms with van der Waals surface area (Å²) < 4.78 is 33.4. The van der Waals surface area contributed by atoms with Gasteiger partial charge in [-0.3, -0.25) is 9.55 Å². The Morgan fingerprint density at radius 1 is 1.13 bits per heavy atom. The van der Waals surface area contributed by atoms with E-state index in [-0.39, 0.29) is 17.7 Å². The lowest BCUT2D eigenvalue weighted by molar-refractivity contribution is -0.439. The Labute approximate surface area is 176 Å². The normalized spacial score (nSPS) is 15.6. The van der Waals surface area contributed by atoms with E-state index in [1.165, 1.54) is 0 Å². The zero-order chi connectivity index (χ0) is 21.9. The van der Waals surface area contributed by atoms with Gasteiger partial charge in [-0.15, -0.1) is 0 Å². The number of carbonyl (C=O) groups is 1. The van der Waals surface area contributed by atoms with Gasteiger partial charge in [0.15, 0.2) is 5.71 Å². The van der Waals surface area contributed by atoms with Gasteiger partial charge in [-0.2, -0.15) is 13.0 Å². The SMILES string of the molecule is CC1(C)C(CC=Nc2ccccc2)=[N+](CCCS(=O)(=O)O)c2cccc(C(=O)O)c21. The summed E-state index contributed by atoms with van der Waals surface area (Å²) in [7, 11) is -4.07. The van der Waals surface area contributed by atoms with Crippen LogP contribution in [0.5, 0.6) is 0 Å². The smallest absolute Gasteiger partial charge is 0.336 e. The minimum absolute atomic E-state index is 0.213. The highest BCUT2D eigenvalue weighted by Gasteiger charge is 2.47. The molecule has 3 rings (SSSR count). The van der Waals surface area contributed by atoms with Crippen LogP contribution in [-0.4, -0.2) is 52.8 Å². The summed E-state index contributed by atoms with van der Waals surface area (Å²) in [5.74, 6) is -1.36. The van der Waals surface area contributed by atoms with Crippen LogP contribution in [0.3, 0.4) is 0 Å². The predicted molar refractivity (Wildman–Crippen MR) is 116 cm³/mol. The fourth-order valence-electron chi connectivity index (χ4n) is 4.00. The third-order valence-corrected chi connectivity index (χ3v) is 6.11. The van der Waals surface area contributed by atoms with Gasteiger partial charge in [0.05, 0.1) is 34.4 Å². The van der Waals surface area contributed by atoms with Crippen molar-refractivity contribution in [2.75, 3.05) is 12.3 Å². The Morgan fingerprint density at radius 3 is 2.47 bits per heavy atom. The number of hydrogen-bond acceptors (Lipinski definition) is 4. The molecular weight excluding hydrogens is 404 g/mol. The first-order valence-electron chi connectivity index (χ1n) is 9.64. The topological polar surface area (TPSA) is 107 Å². The van der Waals surface area contributed by atoms with E-state index in [2.05, 4.69) is 4.99 Å². The standard InChI is InChI=1S/C22H24N2O5S/c1-22(2)19(12-13-23-16-8-4-3-5-9-16)24(14-7-15-30(27,28)29)18-11-6-10-17(20(18)22)21(25)26/h3-6,8-11,13H,7,12,14-15H2,1-2H3,(H-,25,26,27,28,29)/p+1. The molecule has 1 aliphatic heterocycles. The van der Waals surface area contributed by atoms with E-state index in [0.717, 1.165) is 17.1 Å². The zero-order valence-corrected chi connectivity index (χ0v) is 17.8. The maximum absolute atomic E-state index is 11.8. The average molecular weight is 430 g/mol. The van der Waals surface area contributed by atoms with Crippen molar-refractivity contribution in [2.24, 2.45) is 4.99 Å². The van der Waals surface area contributed by atoms with Gasteiger partial charge in [-0.05, 0) is 32.0 Å². The van der Waals surface area contributed by atoms with Gasteiger partial charge in [0.2, 0.25) is 5.69 Å². The summed E-state index contributed by atoms with van der Waals surface area (Å²) in [5, 5.41) is 9.69. The van der Waals surface area contributed by atoms with Crippen LogP contribution in [0.25, 0.3) is 0 Å². The first-order valence-corrected chi connectivity index (χ1v) is 11.3. The van der Waals surface area contributed by atoms with Gasteiger partial charge in [0, 0.05) is 18.7 Å². The molecule has 1 aliphatic rings. The summed E-state index contributed by atoms with van der Waals surface area (Å²) >= 11 is 0. The summed E-state index contributed by atoms with van der Waals surface area (Å²) in [6.07, 6.45) is 2.47. The van der Waals surface area contributed by atoms with Crippen molar-refractivity contribution in [3.05, 3.63) is 59.7 Å². The van der Waals surface area contributed by atoms with Crippen LogP contribution in [0.4, 0.5) is 11.4 Å². The molecule has 1 heterocycles. The molecular formula is C22H25N2O5S+. The van der Waals surface area contributed by atoms with Crippen LogP contribution in [-0.2, 0) is 15.5 Å². The molecule has 158 valence electrons. The van der Waals surface area contributed by atoms with Gasteiger partial charge in [-0.1, -0.05) is 24.3 Å². The first kappa shape index (κ1) is 21.9. The van der Waals surface area contributed by atoms with E-state index in [1.807, 2.05) is 54.8 Å². The molecule has 0 aromatic heterocycles. The number of carboxylic acids is 1. The Bertz CT molecular complexity index is 1120. The molecule has 0 amide bonds. The van der Waals surface area contributed by atoms with Crippen LogP contribution >= 0.6 is 0 Å². The lowest BCUT2D eigenvalue weighted by Gasteiger charge is -2.18. The summed E-state index contributed by atoms with van der Waals surface area (Å²) in [6.45, 7) is 4.27. The highest BCUT2D eigenvalue weighted by Crippen LogP contribution is 2.42. The second-order valence-electron chi connectivity index (χ2n) is 7.72. The lowest BCUT2D eigenvalue weighted by atomic mass is 9.78. The van der Waals surface area contributed by atoms with E-state index in [1.54, 1.807) is 18.3 Å². The highest BCUT2D eigenvalue weighted by atomic mass is 32.2. The monoisotopic (exact) mass is 429 g/mol. The molecule has 0 saturated heterocycles. The number of rotatable bonds is 8. The Morgan fingerprint density at radius 2 is 1.83 bits per heavy atom. The second kappa shape index (κ2) is 8.49. The predicted octanol–water partition coefficient (Wildman–Crippen LogP) is 3.83. The lowest BCUT2D eigenvalue weighted by Crippen LogP contribution is -2.31. The highest BCUT2D eigenvalue weighted by molar-refractivity contribution is 7.85. The number of carboxylic acid groups (broad SMARTS) is 1. The molecule has 30 heavy (non-hydrogen) atoms. The molecule has 0 saturated carbocycles. The van der Waals surface area contributed by atoms with Crippen molar-refractivity contribution < 1.29 is 27.4 Å². The molecule has 0 unspecified atom stereocenters. The van der Waals surface area contributed by atoms with Crippen LogP contribution in [0.2, 0.25) is 0 Å². The number of hydrogen-bond donors (Lipinski definition) is 2. The van der Waals surface area contributed by atoms with Gasteiger partial charge in [0.1, 0.15) is 6.54 Å².